The second-order valence-electron chi connectivity index (χ2n) is 1.99. The number of H-pyrrole nitrogens is 1. The molecule has 0 aliphatic carbocycles. The van der Waals surface area contributed by atoms with Gasteiger partial charge in [-0.2, -0.15) is 0 Å². The molecule has 1 aromatic rings. The Labute approximate surface area is 67.5 Å². The molecule has 1 rings (SSSR count). The highest BCUT2D eigenvalue weighted by atomic mass is 32.1. The first-order chi connectivity index (χ1) is 5.24. The molecule has 0 radical (unpaired) electrons. The molecule has 0 aromatic carbocycles. The van der Waals surface area contributed by atoms with Gasteiger partial charge < -0.3 is 4.57 Å². The van der Waals surface area contributed by atoms with E-state index in [-0.39, 0.29) is 16.9 Å². The Hall–Kier alpha value is -0.970. The maximum absolute atomic E-state index is 11.8. The lowest BCUT2D eigenvalue weighted by atomic mass is 10.6. The van der Waals surface area contributed by atoms with E-state index < -0.39 is 6.67 Å². The fourth-order valence-electron chi connectivity index (χ4n) is 0.711. The fourth-order valence-corrected chi connectivity index (χ4v) is 0.964. The smallest absolute Gasteiger partial charge is 0.251 e. The van der Waals surface area contributed by atoms with Crippen LogP contribution in [0.3, 0.4) is 0 Å². The number of nitrogens with one attached hydrogen (secondary N) is 1. The number of nitrogens with zero attached hydrogens (tertiary/aromatic N) is 1. The van der Waals surface area contributed by atoms with Crippen LogP contribution in [0.4, 0.5) is 4.39 Å². The highest BCUT2D eigenvalue weighted by Crippen LogP contribution is 1.86. The number of hydrogen-bond acceptors (Lipinski definition) is 2. The van der Waals surface area contributed by atoms with Gasteiger partial charge in [-0.25, -0.2) is 4.39 Å². The summed E-state index contributed by atoms with van der Waals surface area (Å²) >= 11 is 4.75. The van der Waals surface area contributed by atoms with E-state index in [0.717, 1.165) is 0 Å². The van der Waals surface area contributed by atoms with Crippen molar-refractivity contribution < 1.29 is 4.39 Å². The molecule has 0 amide bonds. The first kappa shape index (κ1) is 8.13. The molecule has 0 aliphatic heterocycles. The average molecular weight is 174 g/mol. The van der Waals surface area contributed by atoms with Crippen LogP contribution in [0.25, 0.3) is 0 Å². The normalized spacial score (nSPS) is 9.91. The zero-order valence-electron chi connectivity index (χ0n) is 5.71. The molecule has 1 N–H and O–H groups in total. The molecule has 0 saturated carbocycles. The van der Waals surface area contributed by atoms with Gasteiger partial charge in [0.25, 0.3) is 5.56 Å². The number of alkyl halides is 1. The minimum atomic E-state index is -0.486. The van der Waals surface area contributed by atoms with Crippen LogP contribution in [0.1, 0.15) is 0 Å². The number of aromatic nitrogens is 2. The van der Waals surface area contributed by atoms with Gasteiger partial charge in [-0.15, -0.1) is 0 Å². The van der Waals surface area contributed by atoms with Gasteiger partial charge in [-0.05, 0) is 12.2 Å². The third-order valence-electron chi connectivity index (χ3n) is 1.22. The lowest BCUT2D eigenvalue weighted by Crippen LogP contribution is -2.11. The lowest BCUT2D eigenvalue weighted by molar-refractivity contribution is 0.440. The van der Waals surface area contributed by atoms with E-state index in [2.05, 4.69) is 4.98 Å². The van der Waals surface area contributed by atoms with Gasteiger partial charge in [0.05, 0.1) is 6.54 Å². The van der Waals surface area contributed by atoms with Crippen molar-refractivity contribution in [1.82, 2.24) is 9.55 Å². The Kier molecular flexibility index (Phi) is 2.53. The van der Waals surface area contributed by atoms with Gasteiger partial charge in [-0.3, -0.25) is 9.78 Å². The van der Waals surface area contributed by atoms with Crippen LogP contribution in [0.5, 0.6) is 0 Å². The molecule has 0 aliphatic rings. The molecule has 0 fully saturated rings. The molecule has 3 nitrogen and oxygen atoms in total. The minimum Gasteiger partial charge on any atom is -0.323 e. The molecule has 0 spiro atoms. The van der Waals surface area contributed by atoms with Gasteiger partial charge in [-0.1, -0.05) is 0 Å². The van der Waals surface area contributed by atoms with Crippen molar-refractivity contribution in [3.05, 3.63) is 27.4 Å². The van der Waals surface area contributed by atoms with Gasteiger partial charge in [0, 0.05) is 12.3 Å². The minimum absolute atomic E-state index is 0.190. The average Bonchev–Trinajstić information content (AvgIpc) is 1.95. The Bertz CT molecular complexity index is 343. The van der Waals surface area contributed by atoms with Crippen molar-refractivity contribution in [2.24, 2.45) is 0 Å². The van der Waals surface area contributed by atoms with Crippen molar-refractivity contribution in [3.8, 4) is 0 Å². The van der Waals surface area contributed by atoms with E-state index in [1.54, 1.807) is 0 Å². The van der Waals surface area contributed by atoms with Crippen molar-refractivity contribution in [2.75, 3.05) is 6.67 Å². The summed E-state index contributed by atoms with van der Waals surface area (Å²) in [6, 6.07) is 1.31. The maximum Gasteiger partial charge on any atom is 0.251 e. The van der Waals surface area contributed by atoms with Crippen molar-refractivity contribution >= 4 is 12.2 Å². The zero-order chi connectivity index (χ0) is 8.27. The Balaban J connectivity index is 3.10. The second kappa shape index (κ2) is 3.43. The molecule has 60 valence electrons. The largest absolute Gasteiger partial charge is 0.323 e. The molecule has 0 atom stereocenters. The Morgan fingerprint density at radius 1 is 1.73 bits per heavy atom. The molecule has 0 unspecified atom stereocenters. The number of aromatic amines is 1. The Morgan fingerprint density at radius 2 is 2.45 bits per heavy atom. The SMILES string of the molecule is O=c1ccn(CCF)c(=S)[nH]1. The molecule has 1 aromatic heterocycles. The van der Waals surface area contributed by atoms with Crippen molar-refractivity contribution in [1.29, 1.82) is 0 Å². The van der Waals surface area contributed by atoms with Crippen LogP contribution in [-0.4, -0.2) is 16.2 Å². The zero-order valence-corrected chi connectivity index (χ0v) is 6.53. The van der Waals surface area contributed by atoms with Gasteiger partial charge in [0.1, 0.15) is 6.67 Å². The van der Waals surface area contributed by atoms with Crippen molar-refractivity contribution in [3.63, 3.8) is 0 Å². The molecule has 1 heterocycles. The van der Waals surface area contributed by atoms with Crippen LogP contribution in [0, 0.1) is 4.77 Å². The van der Waals surface area contributed by atoms with Crippen LogP contribution >= 0.6 is 12.2 Å². The van der Waals surface area contributed by atoms with Crippen LogP contribution in [-0.2, 0) is 6.54 Å². The van der Waals surface area contributed by atoms with E-state index >= 15 is 0 Å². The monoisotopic (exact) mass is 174 g/mol. The van der Waals surface area contributed by atoms with Crippen molar-refractivity contribution in [2.45, 2.75) is 6.54 Å². The molecule has 0 bridgehead atoms. The third kappa shape index (κ3) is 1.98. The second-order valence-corrected chi connectivity index (χ2v) is 2.38. The summed E-state index contributed by atoms with van der Waals surface area (Å²) in [6.45, 7) is -0.296. The number of rotatable bonds is 2. The maximum atomic E-state index is 11.8. The predicted molar refractivity (Wildman–Crippen MR) is 41.9 cm³/mol. The summed E-state index contributed by atoms with van der Waals surface area (Å²) in [5.41, 5.74) is -0.259. The standard InChI is InChI=1S/C6H7FN2OS/c7-2-4-9-3-1-5(10)8-6(9)11/h1,3H,2,4H2,(H,8,10,11). The summed E-state index contributed by atoms with van der Waals surface area (Å²) < 4.78 is 13.5. The van der Waals surface area contributed by atoms with E-state index in [9.17, 15) is 9.18 Å². The topological polar surface area (TPSA) is 37.8 Å². The predicted octanol–water partition coefficient (Wildman–Crippen LogP) is 0.875. The highest BCUT2D eigenvalue weighted by molar-refractivity contribution is 7.71. The van der Waals surface area contributed by atoms with Gasteiger partial charge in [0.15, 0.2) is 4.77 Å². The fraction of sp³-hybridized carbons (Fsp3) is 0.333. The van der Waals surface area contributed by atoms with E-state index in [0.29, 0.717) is 0 Å². The first-order valence-corrected chi connectivity index (χ1v) is 3.50. The molecule has 11 heavy (non-hydrogen) atoms. The summed E-state index contributed by atoms with van der Waals surface area (Å²) in [5, 5.41) is 0. The van der Waals surface area contributed by atoms with Crippen LogP contribution in [0.15, 0.2) is 17.1 Å². The van der Waals surface area contributed by atoms with Crippen LogP contribution < -0.4 is 5.56 Å². The van der Waals surface area contributed by atoms with E-state index in [1.165, 1.54) is 16.8 Å². The quantitative estimate of drug-likeness (QED) is 0.676. The molecule has 5 heteroatoms. The molecular formula is C6H7FN2OS. The van der Waals surface area contributed by atoms with E-state index in [1.807, 2.05) is 0 Å². The number of hydrogen-bond donors (Lipinski definition) is 1. The first-order valence-electron chi connectivity index (χ1n) is 3.10. The van der Waals surface area contributed by atoms with E-state index in [4.69, 9.17) is 12.2 Å². The summed E-state index contributed by atoms with van der Waals surface area (Å²) in [6.07, 6.45) is 1.47. The molecule has 0 saturated heterocycles. The Morgan fingerprint density at radius 3 is 3.00 bits per heavy atom. The number of halogens is 1. The third-order valence-corrected chi connectivity index (χ3v) is 1.56. The number of aryl methyl sites for hydroxylation is 1. The summed E-state index contributed by atoms with van der Waals surface area (Å²) in [4.78, 5) is 13.0. The summed E-state index contributed by atoms with van der Waals surface area (Å²) in [7, 11) is 0. The highest BCUT2D eigenvalue weighted by Gasteiger charge is 1.90. The van der Waals surface area contributed by atoms with Crippen LogP contribution in [0.2, 0.25) is 0 Å². The lowest BCUT2D eigenvalue weighted by Gasteiger charge is -2.00. The van der Waals surface area contributed by atoms with Gasteiger partial charge >= 0.3 is 0 Å². The van der Waals surface area contributed by atoms with Gasteiger partial charge in [0.2, 0.25) is 0 Å². The molecular weight excluding hydrogens is 167 g/mol. The summed E-state index contributed by atoms with van der Waals surface area (Å²) in [5.74, 6) is 0.